The lowest BCUT2D eigenvalue weighted by atomic mass is 10.3. The third-order valence-electron chi connectivity index (χ3n) is 2.46. The standard InChI is InChI=1S/C11H13ClN2OS/c1-16(15)7-6-14-10-5-3-2-4-9(10)13-11(14)8-12/h2-5H,6-8H2,1H3. The van der Waals surface area contributed by atoms with Crippen LogP contribution < -0.4 is 0 Å². The van der Waals surface area contributed by atoms with E-state index in [4.69, 9.17) is 11.6 Å². The molecular formula is C11H13ClN2OS. The second-order valence-corrected chi connectivity index (χ2v) is 5.40. The Morgan fingerprint density at radius 1 is 1.44 bits per heavy atom. The zero-order valence-corrected chi connectivity index (χ0v) is 10.6. The molecule has 0 spiro atoms. The molecule has 1 heterocycles. The summed E-state index contributed by atoms with van der Waals surface area (Å²) in [6.45, 7) is 0.700. The Labute approximate surface area is 102 Å². The summed E-state index contributed by atoms with van der Waals surface area (Å²) in [6.07, 6.45) is 1.71. The number of halogens is 1. The van der Waals surface area contributed by atoms with Crippen molar-refractivity contribution in [2.45, 2.75) is 12.4 Å². The normalized spacial score (nSPS) is 13.1. The van der Waals surface area contributed by atoms with Crippen LogP contribution in [0.1, 0.15) is 5.82 Å². The molecule has 1 aromatic carbocycles. The van der Waals surface area contributed by atoms with Gasteiger partial charge in [-0.2, -0.15) is 0 Å². The van der Waals surface area contributed by atoms with E-state index in [9.17, 15) is 4.21 Å². The molecule has 2 rings (SSSR count). The molecule has 16 heavy (non-hydrogen) atoms. The van der Waals surface area contributed by atoms with Crippen LogP contribution in [0.3, 0.4) is 0 Å². The maximum atomic E-state index is 11.1. The van der Waals surface area contributed by atoms with Crippen LogP contribution in [0.4, 0.5) is 0 Å². The molecule has 0 amide bonds. The number of aromatic nitrogens is 2. The van der Waals surface area contributed by atoms with Crippen molar-refractivity contribution in [3.63, 3.8) is 0 Å². The summed E-state index contributed by atoms with van der Waals surface area (Å²) in [5.74, 6) is 1.85. The highest BCUT2D eigenvalue weighted by Crippen LogP contribution is 2.17. The molecule has 2 aromatic rings. The van der Waals surface area contributed by atoms with Crippen LogP contribution in [0.25, 0.3) is 11.0 Å². The van der Waals surface area contributed by atoms with Crippen LogP contribution in [-0.4, -0.2) is 25.8 Å². The molecule has 1 atom stereocenters. The monoisotopic (exact) mass is 256 g/mol. The molecule has 86 valence electrons. The van der Waals surface area contributed by atoms with E-state index in [1.54, 1.807) is 6.26 Å². The Bertz CT molecular complexity index is 524. The van der Waals surface area contributed by atoms with Gasteiger partial charge in [-0.05, 0) is 12.1 Å². The topological polar surface area (TPSA) is 34.9 Å². The van der Waals surface area contributed by atoms with Crippen LogP contribution in [-0.2, 0) is 23.2 Å². The number of imidazole rings is 1. The Hall–Kier alpha value is -0.870. The van der Waals surface area contributed by atoms with Gasteiger partial charge in [0.2, 0.25) is 0 Å². The third-order valence-corrected chi connectivity index (χ3v) is 3.45. The zero-order chi connectivity index (χ0) is 11.5. The van der Waals surface area contributed by atoms with E-state index in [0.29, 0.717) is 18.2 Å². The van der Waals surface area contributed by atoms with Gasteiger partial charge in [0.25, 0.3) is 0 Å². The first-order chi connectivity index (χ1) is 7.72. The highest BCUT2D eigenvalue weighted by molar-refractivity contribution is 7.84. The molecule has 0 N–H and O–H groups in total. The van der Waals surface area contributed by atoms with Crippen LogP contribution in [0, 0.1) is 0 Å². The summed E-state index contributed by atoms with van der Waals surface area (Å²) in [5.41, 5.74) is 2.00. The Kier molecular flexibility index (Phi) is 3.61. The van der Waals surface area contributed by atoms with E-state index < -0.39 is 10.8 Å². The number of aryl methyl sites for hydroxylation is 1. The van der Waals surface area contributed by atoms with Crippen molar-refractivity contribution in [2.75, 3.05) is 12.0 Å². The summed E-state index contributed by atoms with van der Waals surface area (Å²) in [7, 11) is -0.795. The summed E-state index contributed by atoms with van der Waals surface area (Å²) in [5, 5.41) is 0. The predicted molar refractivity (Wildman–Crippen MR) is 68.2 cm³/mol. The van der Waals surface area contributed by atoms with Gasteiger partial charge >= 0.3 is 0 Å². The van der Waals surface area contributed by atoms with Gasteiger partial charge in [-0.3, -0.25) is 4.21 Å². The molecule has 3 nitrogen and oxygen atoms in total. The van der Waals surface area contributed by atoms with Crippen molar-refractivity contribution in [1.82, 2.24) is 9.55 Å². The maximum absolute atomic E-state index is 11.1. The number of benzene rings is 1. The van der Waals surface area contributed by atoms with Crippen LogP contribution in [0.5, 0.6) is 0 Å². The minimum Gasteiger partial charge on any atom is -0.326 e. The van der Waals surface area contributed by atoms with Crippen LogP contribution in [0.15, 0.2) is 24.3 Å². The predicted octanol–water partition coefficient (Wildman–Crippen LogP) is 2.15. The lowest BCUT2D eigenvalue weighted by Gasteiger charge is -2.05. The Morgan fingerprint density at radius 3 is 2.88 bits per heavy atom. The van der Waals surface area contributed by atoms with Crippen LogP contribution in [0.2, 0.25) is 0 Å². The molecule has 0 fully saturated rings. The van der Waals surface area contributed by atoms with Gasteiger partial charge in [0, 0.05) is 29.4 Å². The van der Waals surface area contributed by atoms with Crippen molar-refractivity contribution in [3.8, 4) is 0 Å². The van der Waals surface area contributed by atoms with Crippen LogP contribution >= 0.6 is 11.6 Å². The van der Waals surface area contributed by atoms with Gasteiger partial charge in [-0.1, -0.05) is 12.1 Å². The number of nitrogens with zero attached hydrogens (tertiary/aromatic N) is 2. The van der Waals surface area contributed by atoms with Crippen molar-refractivity contribution >= 4 is 33.4 Å². The van der Waals surface area contributed by atoms with Gasteiger partial charge in [0.1, 0.15) is 5.82 Å². The van der Waals surface area contributed by atoms with E-state index in [0.717, 1.165) is 16.9 Å². The molecule has 1 unspecified atom stereocenters. The Morgan fingerprint density at radius 2 is 2.19 bits per heavy atom. The van der Waals surface area contributed by atoms with Crippen molar-refractivity contribution in [1.29, 1.82) is 0 Å². The molecule has 1 aromatic heterocycles. The van der Waals surface area contributed by atoms with Crippen molar-refractivity contribution in [3.05, 3.63) is 30.1 Å². The Balaban J connectivity index is 2.43. The van der Waals surface area contributed by atoms with Crippen molar-refractivity contribution < 1.29 is 4.21 Å². The number of hydrogen-bond acceptors (Lipinski definition) is 2. The fourth-order valence-corrected chi connectivity index (χ4v) is 2.34. The number of rotatable bonds is 4. The molecule has 0 saturated carbocycles. The summed E-state index contributed by atoms with van der Waals surface area (Å²) >= 11 is 5.86. The minimum absolute atomic E-state index is 0.380. The molecule has 0 aliphatic carbocycles. The second-order valence-electron chi connectivity index (χ2n) is 3.58. The molecular weight excluding hydrogens is 244 g/mol. The van der Waals surface area contributed by atoms with E-state index in [1.807, 2.05) is 28.8 Å². The molecule has 0 aliphatic heterocycles. The molecule has 5 heteroatoms. The number of para-hydroxylation sites is 2. The lowest BCUT2D eigenvalue weighted by Crippen LogP contribution is -2.09. The minimum atomic E-state index is -0.795. The largest absolute Gasteiger partial charge is 0.326 e. The second kappa shape index (κ2) is 4.97. The fraction of sp³-hybridized carbons (Fsp3) is 0.364. The van der Waals surface area contributed by atoms with E-state index in [1.165, 1.54) is 0 Å². The fourth-order valence-electron chi connectivity index (χ4n) is 1.70. The van der Waals surface area contributed by atoms with E-state index in [2.05, 4.69) is 4.98 Å². The first kappa shape index (κ1) is 11.6. The first-order valence-electron chi connectivity index (χ1n) is 5.02. The quantitative estimate of drug-likeness (QED) is 0.786. The van der Waals surface area contributed by atoms with E-state index >= 15 is 0 Å². The van der Waals surface area contributed by atoms with Gasteiger partial charge in [-0.25, -0.2) is 4.98 Å². The van der Waals surface area contributed by atoms with Gasteiger partial charge < -0.3 is 4.57 Å². The first-order valence-corrected chi connectivity index (χ1v) is 7.28. The van der Waals surface area contributed by atoms with E-state index in [-0.39, 0.29) is 0 Å². The van der Waals surface area contributed by atoms with Gasteiger partial charge in [-0.15, -0.1) is 11.6 Å². The summed E-state index contributed by atoms with van der Waals surface area (Å²) in [6, 6.07) is 7.90. The highest BCUT2D eigenvalue weighted by atomic mass is 35.5. The number of alkyl halides is 1. The molecule has 0 aliphatic rings. The highest BCUT2D eigenvalue weighted by Gasteiger charge is 2.09. The summed E-state index contributed by atoms with van der Waals surface area (Å²) in [4.78, 5) is 4.44. The SMILES string of the molecule is CS(=O)CCn1c(CCl)nc2ccccc21. The molecule has 0 bridgehead atoms. The smallest absolute Gasteiger partial charge is 0.124 e. The third kappa shape index (κ3) is 2.28. The molecule has 0 saturated heterocycles. The average molecular weight is 257 g/mol. The maximum Gasteiger partial charge on any atom is 0.124 e. The van der Waals surface area contributed by atoms with Gasteiger partial charge in [0.15, 0.2) is 0 Å². The number of hydrogen-bond donors (Lipinski definition) is 0. The average Bonchev–Trinajstić information content (AvgIpc) is 2.64. The van der Waals surface area contributed by atoms with Gasteiger partial charge in [0.05, 0.1) is 16.9 Å². The molecule has 0 radical (unpaired) electrons. The number of fused-ring (bicyclic) bond motifs is 1. The van der Waals surface area contributed by atoms with Crippen molar-refractivity contribution in [2.24, 2.45) is 0 Å². The lowest BCUT2D eigenvalue weighted by molar-refractivity contribution is 0.676. The summed E-state index contributed by atoms with van der Waals surface area (Å²) < 4.78 is 13.2. The zero-order valence-electron chi connectivity index (χ0n) is 9.02.